The average molecular weight is 346 g/mol. The Labute approximate surface area is 127 Å². The summed E-state index contributed by atoms with van der Waals surface area (Å²) in [5.74, 6) is -0.0714. The van der Waals surface area contributed by atoms with Gasteiger partial charge in [-0.1, -0.05) is 13.8 Å². The predicted octanol–water partition coefficient (Wildman–Crippen LogP) is 3.81. The van der Waals surface area contributed by atoms with Crippen LogP contribution in [0.1, 0.15) is 37.0 Å². The molecule has 0 aliphatic carbocycles. The van der Waals surface area contributed by atoms with Crippen molar-refractivity contribution in [3.63, 3.8) is 0 Å². The summed E-state index contributed by atoms with van der Waals surface area (Å²) in [6.07, 6.45) is 4.09. The highest BCUT2D eigenvalue weighted by molar-refractivity contribution is 9.10. The van der Waals surface area contributed by atoms with E-state index < -0.39 is 0 Å². The topological polar surface area (TPSA) is 49.3 Å². The van der Waals surface area contributed by atoms with Gasteiger partial charge in [0.2, 0.25) is 0 Å². The van der Waals surface area contributed by atoms with Gasteiger partial charge in [0, 0.05) is 16.9 Å². The first-order chi connectivity index (χ1) is 8.98. The van der Waals surface area contributed by atoms with Crippen molar-refractivity contribution in [2.45, 2.75) is 31.4 Å². The predicted molar refractivity (Wildman–Crippen MR) is 85.0 cm³/mol. The van der Waals surface area contributed by atoms with Crippen molar-refractivity contribution in [1.29, 1.82) is 0 Å². The Bertz CT molecular complexity index is 439. The molecule has 0 unspecified atom stereocenters. The first kappa shape index (κ1) is 16.4. The Morgan fingerprint density at radius 2 is 2.05 bits per heavy atom. The van der Waals surface area contributed by atoms with Crippen LogP contribution in [-0.4, -0.2) is 28.6 Å². The number of rotatable bonds is 6. The van der Waals surface area contributed by atoms with Crippen molar-refractivity contribution >= 4 is 33.6 Å². The highest BCUT2D eigenvalue weighted by atomic mass is 79.9. The van der Waals surface area contributed by atoms with Crippen molar-refractivity contribution in [2.75, 3.05) is 12.8 Å². The Kier molecular flexibility index (Phi) is 6.20. The molecule has 0 saturated carbocycles. The van der Waals surface area contributed by atoms with Crippen LogP contribution in [0.25, 0.3) is 0 Å². The monoisotopic (exact) mass is 345 g/mol. The standard InChI is InChI=1S/C14H20BrNO2S/c1-4-14(5-2,19-3)9-16-13(18)10-6-7-11(15)12(17)8-10/h6-8,17H,4-5,9H2,1-3H3,(H,16,18). The minimum absolute atomic E-state index is 0.0785. The van der Waals surface area contributed by atoms with Gasteiger partial charge in [-0.3, -0.25) is 4.79 Å². The second kappa shape index (κ2) is 7.20. The lowest BCUT2D eigenvalue weighted by Gasteiger charge is -2.29. The summed E-state index contributed by atoms with van der Waals surface area (Å²) in [6.45, 7) is 4.91. The van der Waals surface area contributed by atoms with Gasteiger partial charge in [0.05, 0.1) is 4.47 Å². The number of halogens is 1. The Morgan fingerprint density at radius 3 is 2.53 bits per heavy atom. The fourth-order valence-electron chi connectivity index (χ4n) is 1.86. The van der Waals surface area contributed by atoms with Crippen LogP contribution in [0.15, 0.2) is 22.7 Å². The molecule has 19 heavy (non-hydrogen) atoms. The maximum atomic E-state index is 12.1. The van der Waals surface area contributed by atoms with E-state index in [0.29, 0.717) is 16.6 Å². The number of amides is 1. The summed E-state index contributed by atoms with van der Waals surface area (Å²) in [7, 11) is 0. The van der Waals surface area contributed by atoms with E-state index in [1.165, 1.54) is 6.07 Å². The molecule has 1 aromatic carbocycles. The lowest BCUT2D eigenvalue weighted by atomic mass is 10.0. The van der Waals surface area contributed by atoms with Gasteiger partial charge in [-0.2, -0.15) is 11.8 Å². The molecule has 0 saturated heterocycles. The summed E-state index contributed by atoms with van der Waals surface area (Å²) >= 11 is 4.99. The molecule has 0 spiro atoms. The average Bonchev–Trinajstić information content (AvgIpc) is 2.43. The maximum absolute atomic E-state index is 12.1. The van der Waals surface area contributed by atoms with E-state index in [-0.39, 0.29) is 16.4 Å². The van der Waals surface area contributed by atoms with E-state index in [1.807, 2.05) is 0 Å². The van der Waals surface area contributed by atoms with E-state index >= 15 is 0 Å². The van der Waals surface area contributed by atoms with Crippen LogP contribution in [0.3, 0.4) is 0 Å². The third-order valence-electron chi connectivity index (χ3n) is 3.50. The molecule has 0 aromatic heterocycles. The summed E-state index contributed by atoms with van der Waals surface area (Å²) in [6, 6.07) is 4.83. The minimum Gasteiger partial charge on any atom is -0.507 e. The normalized spacial score (nSPS) is 11.4. The summed E-state index contributed by atoms with van der Waals surface area (Å²) in [5.41, 5.74) is 0.475. The summed E-state index contributed by atoms with van der Waals surface area (Å²) < 4.78 is 0.678. The van der Waals surface area contributed by atoms with E-state index in [2.05, 4.69) is 41.3 Å². The number of aromatic hydroxyl groups is 1. The zero-order valence-electron chi connectivity index (χ0n) is 11.5. The van der Waals surface area contributed by atoms with Gasteiger partial charge >= 0.3 is 0 Å². The van der Waals surface area contributed by atoms with Crippen LogP contribution >= 0.6 is 27.7 Å². The number of nitrogens with one attached hydrogen (secondary N) is 1. The van der Waals surface area contributed by atoms with Crippen LogP contribution in [0.5, 0.6) is 5.75 Å². The number of phenols is 1. The molecule has 0 aliphatic heterocycles. The Balaban J connectivity index is 2.72. The number of carbonyl (C=O) groups is 1. The molecule has 5 heteroatoms. The molecule has 106 valence electrons. The third kappa shape index (κ3) is 4.14. The smallest absolute Gasteiger partial charge is 0.251 e. The van der Waals surface area contributed by atoms with Crippen LogP contribution < -0.4 is 5.32 Å². The van der Waals surface area contributed by atoms with Crippen LogP contribution in [0.2, 0.25) is 0 Å². The largest absolute Gasteiger partial charge is 0.507 e. The molecule has 0 fully saturated rings. The highest BCUT2D eigenvalue weighted by Crippen LogP contribution is 2.30. The number of phenolic OH excluding ortho intramolecular Hbond substituents is 1. The van der Waals surface area contributed by atoms with Crippen molar-refractivity contribution < 1.29 is 9.90 Å². The van der Waals surface area contributed by atoms with E-state index in [1.54, 1.807) is 23.9 Å². The van der Waals surface area contributed by atoms with Crippen LogP contribution in [-0.2, 0) is 0 Å². The second-order valence-electron chi connectivity index (χ2n) is 4.44. The van der Waals surface area contributed by atoms with Gasteiger partial charge in [0.1, 0.15) is 5.75 Å². The number of carbonyl (C=O) groups excluding carboxylic acids is 1. The Hall–Kier alpha value is -0.680. The number of benzene rings is 1. The van der Waals surface area contributed by atoms with Gasteiger partial charge in [0.15, 0.2) is 0 Å². The van der Waals surface area contributed by atoms with Crippen molar-refractivity contribution in [1.82, 2.24) is 5.32 Å². The van der Waals surface area contributed by atoms with E-state index in [9.17, 15) is 9.90 Å². The number of thioether (sulfide) groups is 1. The molecule has 0 atom stereocenters. The van der Waals surface area contributed by atoms with E-state index in [0.717, 1.165) is 12.8 Å². The molecule has 0 aliphatic rings. The SMILES string of the molecule is CCC(CC)(CNC(=O)c1ccc(Br)c(O)c1)SC. The van der Waals surface area contributed by atoms with Crippen LogP contribution in [0.4, 0.5) is 0 Å². The molecule has 3 nitrogen and oxygen atoms in total. The maximum Gasteiger partial charge on any atom is 0.251 e. The molecule has 0 bridgehead atoms. The zero-order chi connectivity index (χ0) is 14.5. The molecular formula is C14H20BrNO2S. The first-order valence-corrected chi connectivity index (χ1v) is 8.31. The summed E-state index contributed by atoms with van der Waals surface area (Å²) in [4.78, 5) is 12.1. The van der Waals surface area contributed by atoms with Crippen molar-refractivity contribution in [3.05, 3.63) is 28.2 Å². The molecule has 2 N–H and O–H groups in total. The third-order valence-corrected chi connectivity index (χ3v) is 5.76. The van der Waals surface area contributed by atoms with Gasteiger partial charge in [-0.15, -0.1) is 0 Å². The molecular weight excluding hydrogens is 326 g/mol. The molecule has 0 heterocycles. The lowest BCUT2D eigenvalue weighted by Crippen LogP contribution is -2.39. The second-order valence-corrected chi connectivity index (χ2v) is 6.57. The van der Waals surface area contributed by atoms with Crippen molar-refractivity contribution in [2.24, 2.45) is 0 Å². The summed E-state index contributed by atoms with van der Waals surface area (Å²) in [5, 5.41) is 12.5. The minimum atomic E-state index is -0.150. The van der Waals surface area contributed by atoms with Crippen molar-refractivity contribution in [3.8, 4) is 5.75 Å². The first-order valence-electron chi connectivity index (χ1n) is 6.30. The number of hydrogen-bond acceptors (Lipinski definition) is 3. The quantitative estimate of drug-likeness (QED) is 0.824. The fraction of sp³-hybridized carbons (Fsp3) is 0.500. The van der Waals surface area contributed by atoms with Gasteiger partial charge in [-0.25, -0.2) is 0 Å². The molecule has 0 radical (unpaired) electrons. The fourth-order valence-corrected chi connectivity index (χ4v) is 2.90. The van der Waals surface area contributed by atoms with Gasteiger partial charge in [0.25, 0.3) is 5.91 Å². The Morgan fingerprint density at radius 1 is 1.42 bits per heavy atom. The number of hydrogen-bond donors (Lipinski definition) is 2. The lowest BCUT2D eigenvalue weighted by molar-refractivity contribution is 0.0948. The zero-order valence-corrected chi connectivity index (χ0v) is 13.9. The molecule has 1 amide bonds. The molecule has 1 rings (SSSR count). The highest BCUT2D eigenvalue weighted by Gasteiger charge is 2.25. The van der Waals surface area contributed by atoms with Crippen LogP contribution in [0, 0.1) is 0 Å². The molecule has 1 aromatic rings. The van der Waals surface area contributed by atoms with E-state index in [4.69, 9.17) is 0 Å². The van der Waals surface area contributed by atoms with Gasteiger partial charge < -0.3 is 10.4 Å². The van der Waals surface area contributed by atoms with Gasteiger partial charge in [-0.05, 0) is 53.2 Å².